The van der Waals surface area contributed by atoms with E-state index in [0.717, 1.165) is 6.26 Å². The summed E-state index contributed by atoms with van der Waals surface area (Å²) >= 11 is 0. The van der Waals surface area contributed by atoms with E-state index in [9.17, 15) is 13.2 Å². The van der Waals surface area contributed by atoms with Gasteiger partial charge in [0.15, 0.2) is 0 Å². The van der Waals surface area contributed by atoms with E-state index < -0.39 is 21.8 Å². The third-order valence-corrected chi connectivity index (χ3v) is 4.47. The first-order chi connectivity index (χ1) is 8.84. The van der Waals surface area contributed by atoms with Crippen LogP contribution in [0.5, 0.6) is 0 Å². The van der Waals surface area contributed by atoms with Gasteiger partial charge in [-0.2, -0.15) is 0 Å². The number of carbonyl (C=O) groups is 1. The van der Waals surface area contributed by atoms with Gasteiger partial charge < -0.3 is 10.5 Å². The Kier molecular flexibility index (Phi) is 6.18. The Balaban J connectivity index is 2.68. The summed E-state index contributed by atoms with van der Waals surface area (Å²) in [6, 6.07) is 0. The van der Waals surface area contributed by atoms with Crippen molar-refractivity contribution in [2.75, 3.05) is 52.2 Å². The van der Waals surface area contributed by atoms with E-state index in [0.29, 0.717) is 39.4 Å². The number of primary amides is 1. The zero-order valence-electron chi connectivity index (χ0n) is 11.5. The molecule has 1 aliphatic heterocycles. The van der Waals surface area contributed by atoms with Crippen LogP contribution < -0.4 is 5.73 Å². The van der Waals surface area contributed by atoms with E-state index in [1.807, 2.05) is 11.8 Å². The average Bonchev–Trinajstić information content (AvgIpc) is 2.51. The summed E-state index contributed by atoms with van der Waals surface area (Å²) in [5.74, 6) is -0.934. The normalized spacial score (nSPS) is 23.2. The van der Waals surface area contributed by atoms with E-state index in [2.05, 4.69) is 0 Å². The Labute approximate surface area is 114 Å². The standard InChI is InChI=1S/C11H23N3O4S/c1-3-18-7-6-13-4-5-14(19(2,16)17)9-10(8-13)11(12)15/h10H,3-9H2,1-2H3,(H2,12,15)/t10-/m0/s1. The van der Waals surface area contributed by atoms with Gasteiger partial charge in [-0.3, -0.25) is 9.69 Å². The maximum atomic E-state index is 11.6. The average molecular weight is 293 g/mol. The second-order valence-corrected chi connectivity index (χ2v) is 6.70. The van der Waals surface area contributed by atoms with Crippen LogP contribution in [0.1, 0.15) is 6.92 Å². The van der Waals surface area contributed by atoms with Gasteiger partial charge in [-0.25, -0.2) is 12.7 Å². The molecule has 1 fully saturated rings. The Morgan fingerprint density at radius 1 is 1.37 bits per heavy atom. The van der Waals surface area contributed by atoms with Crippen molar-refractivity contribution in [3.05, 3.63) is 0 Å². The Morgan fingerprint density at radius 3 is 2.58 bits per heavy atom. The molecule has 1 atom stereocenters. The summed E-state index contributed by atoms with van der Waals surface area (Å²) in [6.07, 6.45) is 1.15. The highest BCUT2D eigenvalue weighted by Crippen LogP contribution is 2.12. The molecule has 0 aliphatic carbocycles. The minimum Gasteiger partial charge on any atom is -0.380 e. The van der Waals surface area contributed by atoms with Crippen LogP contribution in [0.4, 0.5) is 0 Å². The quantitative estimate of drug-likeness (QED) is 0.615. The van der Waals surface area contributed by atoms with Crippen molar-refractivity contribution in [2.45, 2.75) is 6.92 Å². The highest BCUT2D eigenvalue weighted by Gasteiger charge is 2.30. The first-order valence-corrected chi connectivity index (χ1v) is 8.24. The molecule has 112 valence electrons. The van der Waals surface area contributed by atoms with Crippen molar-refractivity contribution in [3.63, 3.8) is 0 Å². The minimum atomic E-state index is -3.30. The van der Waals surface area contributed by atoms with Crippen molar-refractivity contribution in [1.29, 1.82) is 0 Å². The van der Waals surface area contributed by atoms with E-state index in [-0.39, 0.29) is 6.54 Å². The molecule has 1 amide bonds. The van der Waals surface area contributed by atoms with E-state index >= 15 is 0 Å². The first kappa shape index (κ1) is 16.4. The van der Waals surface area contributed by atoms with Gasteiger partial charge in [-0.05, 0) is 6.92 Å². The fraction of sp³-hybridized carbons (Fsp3) is 0.909. The summed E-state index contributed by atoms with van der Waals surface area (Å²) in [4.78, 5) is 13.4. The van der Waals surface area contributed by atoms with E-state index in [1.165, 1.54) is 4.31 Å². The van der Waals surface area contributed by atoms with Crippen LogP contribution >= 0.6 is 0 Å². The number of sulfonamides is 1. The molecular formula is C11H23N3O4S. The van der Waals surface area contributed by atoms with Crippen molar-refractivity contribution in [1.82, 2.24) is 9.21 Å². The second-order valence-electron chi connectivity index (χ2n) is 4.72. The lowest BCUT2D eigenvalue weighted by atomic mass is 10.1. The van der Waals surface area contributed by atoms with E-state index in [1.54, 1.807) is 0 Å². The van der Waals surface area contributed by atoms with Crippen LogP contribution in [0, 0.1) is 5.92 Å². The number of carbonyl (C=O) groups excluding carboxylic acids is 1. The van der Waals surface area contributed by atoms with E-state index in [4.69, 9.17) is 10.5 Å². The van der Waals surface area contributed by atoms with Crippen LogP contribution in [0.15, 0.2) is 0 Å². The predicted molar refractivity (Wildman–Crippen MR) is 72.0 cm³/mol. The third-order valence-electron chi connectivity index (χ3n) is 3.20. The lowest BCUT2D eigenvalue weighted by Gasteiger charge is -2.21. The fourth-order valence-corrected chi connectivity index (χ4v) is 2.94. The molecule has 0 radical (unpaired) electrons. The monoisotopic (exact) mass is 293 g/mol. The SMILES string of the molecule is CCOCCN1CCN(S(C)(=O)=O)C[C@@H](C(N)=O)C1. The maximum absolute atomic E-state index is 11.6. The molecule has 1 saturated heterocycles. The molecule has 1 rings (SSSR count). The largest absolute Gasteiger partial charge is 0.380 e. The molecule has 1 heterocycles. The zero-order chi connectivity index (χ0) is 14.5. The van der Waals surface area contributed by atoms with Gasteiger partial charge in [0.05, 0.1) is 18.8 Å². The van der Waals surface area contributed by atoms with Crippen molar-refractivity contribution in [2.24, 2.45) is 11.7 Å². The topological polar surface area (TPSA) is 92.9 Å². The minimum absolute atomic E-state index is 0.166. The molecule has 7 nitrogen and oxygen atoms in total. The smallest absolute Gasteiger partial charge is 0.223 e. The number of rotatable bonds is 6. The van der Waals surface area contributed by atoms with Gasteiger partial charge in [0.25, 0.3) is 0 Å². The molecule has 0 saturated carbocycles. The number of hydrogen-bond donors (Lipinski definition) is 1. The van der Waals surface area contributed by atoms with Crippen molar-refractivity contribution < 1.29 is 17.9 Å². The summed E-state index contributed by atoms with van der Waals surface area (Å²) < 4.78 is 29.8. The van der Waals surface area contributed by atoms with Gasteiger partial charge in [0.2, 0.25) is 15.9 Å². The van der Waals surface area contributed by atoms with Gasteiger partial charge in [-0.1, -0.05) is 0 Å². The third kappa shape index (κ3) is 5.43. The second kappa shape index (κ2) is 7.18. The molecule has 8 heteroatoms. The van der Waals surface area contributed by atoms with Gasteiger partial charge in [0, 0.05) is 39.3 Å². The zero-order valence-corrected chi connectivity index (χ0v) is 12.4. The Bertz CT molecular complexity index is 399. The van der Waals surface area contributed by atoms with Crippen LogP contribution in [0.3, 0.4) is 0 Å². The van der Waals surface area contributed by atoms with Crippen molar-refractivity contribution in [3.8, 4) is 0 Å². The lowest BCUT2D eigenvalue weighted by Crippen LogP contribution is -2.40. The number of nitrogens with zero attached hydrogens (tertiary/aromatic N) is 2. The Morgan fingerprint density at radius 2 is 2.05 bits per heavy atom. The summed E-state index contributed by atoms with van der Waals surface area (Å²) in [7, 11) is -3.30. The maximum Gasteiger partial charge on any atom is 0.223 e. The highest BCUT2D eigenvalue weighted by molar-refractivity contribution is 7.88. The number of hydrogen-bond acceptors (Lipinski definition) is 5. The predicted octanol–water partition coefficient (Wildman–Crippen LogP) is -1.30. The molecule has 0 unspecified atom stereocenters. The summed E-state index contributed by atoms with van der Waals surface area (Å²) in [5, 5.41) is 0. The molecule has 0 bridgehead atoms. The summed E-state index contributed by atoms with van der Waals surface area (Å²) in [6.45, 7) is 5.42. The molecule has 19 heavy (non-hydrogen) atoms. The fourth-order valence-electron chi connectivity index (χ4n) is 2.07. The highest BCUT2D eigenvalue weighted by atomic mass is 32.2. The van der Waals surface area contributed by atoms with Crippen LogP contribution in [0.2, 0.25) is 0 Å². The van der Waals surface area contributed by atoms with Crippen LogP contribution in [0.25, 0.3) is 0 Å². The molecule has 0 aromatic heterocycles. The molecule has 2 N–H and O–H groups in total. The summed E-state index contributed by atoms with van der Waals surface area (Å²) in [5.41, 5.74) is 5.34. The van der Waals surface area contributed by atoms with Crippen LogP contribution in [-0.4, -0.2) is 75.7 Å². The molecule has 0 aromatic carbocycles. The molecule has 0 aromatic rings. The van der Waals surface area contributed by atoms with Gasteiger partial charge in [0.1, 0.15) is 0 Å². The van der Waals surface area contributed by atoms with Crippen molar-refractivity contribution >= 4 is 15.9 Å². The van der Waals surface area contributed by atoms with Gasteiger partial charge >= 0.3 is 0 Å². The number of nitrogens with two attached hydrogens (primary N) is 1. The molecule has 0 spiro atoms. The first-order valence-electron chi connectivity index (χ1n) is 6.39. The van der Waals surface area contributed by atoms with Gasteiger partial charge in [-0.15, -0.1) is 0 Å². The number of ether oxygens (including phenoxy) is 1. The molecule has 1 aliphatic rings. The number of amides is 1. The van der Waals surface area contributed by atoms with Crippen LogP contribution in [-0.2, 0) is 19.6 Å². The lowest BCUT2D eigenvalue weighted by molar-refractivity contribution is -0.122. The molecular weight excluding hydrogens is 270 g/mol. The Hall–Kier alpha value is -0.700.